The number of amides is 2. The van der Waals surface area contributed by atoms with Gasteiger partial charge in [0.2, 0.25) is 11.8 Å². The zero-order valence-electron chi connectivity index (χ0n) is 17.8. The number of carbonyl (C=O) groups excluding carboxylic acids is 2. The molecule has 2 fully saturated rings. The van der Waals surface area contributed by atoms with Gasteiger partial charge >= 0.3 is 0 Å². The maximum Gasteiger partial charge on any atom is 0.277 e. The van der Waals surface area contributed by atoms with E-state index < -0.39 is 0 Å². The van der Waals surface area contributed by atoms with Gasteiger partial charge in [-0.25, -0.2) is 4.98 Å². The van der Waals surface area contributed by atoms with Crippen LogP contribution in [0.1, 0.15) is 47.8 Å². The van der Waals surface area contributed by atoms with Crippen LogP contribution in [0.5, 0.6) is 0 Å². The normalized spacial score (nSPS) is 16.7. The third-order valence-electron chi connectivity index (χ3n) is 6.22. The minimum absolute atomic E-state index is 0.0336. The van der Waals surface area contributed by atoms with E-state index in [0.717, 1.165) is 50.0 Å². The Morgan fingerprint density at radius 3 is 2.28 bits per heavy atom. The molecule has 1 aromatic heterocycles. The lowest BCUT2D eigenvalue weighted by Gasteiger charge is -2.32. The minimum atomic E-state index is -0.257. The SMILES string of the molecule is NC(=O)C1CCN(c2ccc(NC(=O)c3nc(-c4ccccc4)oc3C3CC3)cc2)CC1. The fourth-order valence-electron chi connectivity index (χ4n) is 4.19. The number of carbonyl (C=O) groups is 2. The molecule has 164 valence electrons. The lowest BCUT2D eigenvalue weighted by atomic mass is 9.96. The summed E-state index contributed by atoms with van der Waals surface area (Å²) in [6, 6.07) is 17.4. The van der Waals surface area contributed by atoms with Gasteiger partial charge in [0.15, 0.2) is 5.69 Å². The predicted molar refractivity (Wildman–Crippen MR) is 122 cm³/mol. The molecule has 1 saturated carbocycles. The van der Waals surface area contributed by atoms with E-state index in [4.69, 9.17) is 10.2 Å². The van der Waals surface area contributed by atoms with Gasteiger partial charge in [-0.2, -0.15) is 0 Å². The number of oxazole rings is 1. The molecular weight excluding hydrogens is 404 g/mol. The second kappa shape index (κ2) is 8.49. The molecule has 7 heteroatoms. The molecule has 3 aromatic rings. The molecule has 2 heterocycles. The predicted octanol–water partition coefficient (Wildman–Crippen LogP) is 4.17. The highest BCUT2D eigenvalue weighted by Crippen LogP contribution is 2.43. The first-order valence-corrected chi connectivity index (χ1v) is 11.1. The Bertz CT molecular complexity index is 1110. The molecule has 2 aromatic carbocycles. The van der Waals surface area contributed by atoms with Crippen LogP contribution < -0.4 is 16.0 Å². The zero-order chi connectivity index (χ0) is 22.1. The summed E-state index contributed by atoms with van der Waals surface area (Å²) in [5, 5.41) is 2.96. The van der Waals surface area contributed by atoms with Gasteiger partial charge in [0.25, 0.3) is 5.91 Å². The fraction of sp³-hybridized carbons (Fsp3) is 0.320. The Labute approximate surface area is 186 Å². The van der Waals surface area contributed by atoms with Crippen LogP contribution in [0.2, 0.25) is 0 Å². The standard InChI is InChI=1S/C25H26N4O3/c26-23(30)17-12-14-29(15-13-17)20-10-8-19(9-11-20)27-24(31)21-22(16-6-7-16)32-25(28-21)18-4-2-1-3-5-18/h1-5,8-11,16-17H,6-7,12-15H2,(H2,26,30)(H,27,31). The molecule has 3 N–H and O–H groups in total. The van der Waals surface area contributed by atoms with Crippen LogP contribution in [0.25, 0.3) is 11.5 Å². The second-order valence-electron chi connectivity index (χ2n) is 8.54. The van der Waals surface area contributed by atoms with Crippen LogP contribution in [-0.2, 0) is 4.79 Å². The van der Waals surface area contributed by atoms with E-state index in [1.807, 2.05) is 54.6 Å². The number of aromatic nitrogens is 1. The third kappa shape index (κ3) is 4.23. The van der Waals surface area contributed by atoms with Gasteiger partial charge in [0.05, 0.1) is 0 Å². The summed E-state index contributed by atoms with van der Waals surface area (Å²) < 4.78 is 6.00. The van der Waals surface area contributed by atoms with Crippen LogP contribution in [0.4, 0.5) is 11.4 Å². The fourth-order valence-corrected chi connectivity index (χ4v) is 4.19. The molecule has 1 saturated heterocycles. The first-order valence-electron chi connectivity index (χ1n) is 11.1. The summed E-state index contributed by atoms with van der Waals surface area (Å²) >= 11 is 0. The Kier molecular flexibility index (Phi) is 5.39. The Morgan fingerprint density at radius 1 is 0.969 bits per heavy atom. The number of benzene rings is 2. The number of anilines is 2. The Hall–Kier alpha value is -3.61. The van der Waals surface area contributed by atoms with Crippen LogP contribution in [0.3, 0.4) is 0 Å². The van der Waals surface area contributed by atoms with Crippen LogP contribution in [0, 0.1) is 5.92 Å². The van der Waals surface area contributed by atoms with E-state index in [2.05, 4.69) is 15.2 Å². The maximum atomic E-state index is 13.0. The van der Waals surface area contributed by atoms with E-state index in [0.29, 0.717) is 23.0 Å². The number of hydrogen-bond acceptors (Lipinski definition) is 5. The smallest absolute Gasteiger partial charge is 0.277 e. The van der Waals surface area contributed by atoms with Gasteiger partial charge in [-0.1, -0.05) is 18.2 Å². The zero-order valence-corrected chi connectivity index (χ0v) is 17.8. The number of nitrogens with zero attached hydrogens (tertiary/aromatic N) is 2. The molecule has 0 spiro atoms. The van der Waals surface area contributed by atoms with Crippen molar-refractivity contribution in [2.75, 3.05) is 23.3 Å². The lowest BCUT2D eigenvalue weighted by molar-refractivity contribution is -0.122. The van der Waals surface area contributed by atoms with E-state index in [1.165, 1.54) is 0 Å². The highest BCUT2D eigenvalue weighted by atomic mass is 16.4. The van der Waals surface area contributed by atoms with E-state index in [9.17, 15) is 9.59 Å². The van der Waals surface area contributed by atoms with Crippen molar-refractivity contribution in [1.29, 1.82) is 0 Å². The van der Waals surface area contributed by atoms with Crippen molar-refractivity contribution < 1.29 is 14.0 Å². The van der Waals surface area contributed by atoms with Crippen LogP contribution >= 0.6 is 0 Å². The third-order valence-corrected chi connectivity index (χ3v) is 6.22. The van der Waals surface area contributed by atoms with Gasteiger partial charge in [0.1, 0.15) is 5.76 Å². The molecule has 32 heavy (non-hydrogen) atoms. The molecule has 7 nitrogen and oxygen atoms in total. The van der Waals surface area contributed by atoms with Crippen LogP contribution in [-0.4, -0.2) is 29.9 Å². The van der Waals surface area contributed by atoms with Crippen molar-refractivity contribution in [3.05, 3.63) is 66.1 Å². The van der Waals surface area contributed by atoms with E-state index in [-0.39, 0.29) is 23.7 Å². The number of rotatable bonds is 6. The Morgan fingerprint density at radius 2 is 1.66 bits per heavy atom. The van der Waals surface area contributed by atoms with Gasteiger partial charge < -0.3 is 20.4 Å². The number of primary amides is 1. The quantitative estimate of drug-likeness (QED) is 0.611. The maximum absolute atomic E-state index is 13.0. The topological polar surface area (TPSA) is 101 Å². The summed E-state index contributed by atoms with van der Waals surface area (Å²) in [5.74, 6) is 0.923. The summed E-state index contributed by atoms with van der Waals surface area (Å²) in [6.07, 6.45) is 3.58. The summed E-state index contributed by atoms with van der Waals surface area (Å²) in [4.78, 5) is 31.1. The minimum Gasteiger partial charge on any atom is -0.440 e. The number of piperidine rings is 1. The van der Waals surface area contributed by atoms with Crippen molar-refractivity contribution in [2.24, 2.45) is 11.7 Å². The lowest BCUT2D eigenvalue weighted by Crippen LogP contribution is -2.38. The average molecular weight is 431 g/mol. The Balaban J connectivity index is 1.28. The van der Waals surface area contributed by atoms with Gasteiger partial charge in [-0.05, 0) is 62.1 Å². The molecule has 1 aliphatic carbocycles. The molecule has 0 unspecified atom stereocenters. The molecule has 5 rings (SSSR count). The molecule has 1 aliphatic heterocycles. The van der Waals surface area contributed by atoms with E-state index >= 15 is 0 Å². The summed E-state index contributed by atoms with van der Waals surface area (Å²) in [5.41, 5.74) is 8.42. The van der Waals surface area contributed by atoms with Gasteiger partial charge in [-0.3, -0.25) is 9.59 Å². The summed E-state index contributed by atoms with van der Waals surface area (Å²) in [6.45, 7) is 1.59. The number of nitrogens with one attached hydrogen (secondary N) is 1. The number of hydrogen-bond donors (Lipinski definition) is 2. The molecular formula is C25H26N4O3. The molecule has 0 atom stereocenters. The molecule has 0 bridgehead atoms. The van der Waals surface area contributed by atoms with Crippen LogP contribution in [0.15, 0.2) is 59.0 Å². The first kappa shape index (κ1) is 20.3. The van der Waals surface area contributed by atoms with E-state index in [1.54, 1.807) is 0 Å². The summed E-state index contributed by atoms with van der Waals surface area (Å²) in [7, 11) is 0. The average Bonchev–Trinajstić information content (AvgIpc) is 3.58. The van der Waals surface area contributed by atoms with Crippen molar-refractivity contribution in [1.82, 2.24) is 4.98 Å². The van der Waals surface area contributed by atoms with Gasteiger partial charge in [0, 0.05) is 41.9 Å². The highest BCUT2D eigenvalue weighted by molar-refractivity contribution is 6.04. The van der Waals surface area contributed by atoms with Crippen molar-refractivity contribution in [3.63, 3.8) is 0 Å². The van der Waals surface area contributed by atoms with Crippen molar-refractivity contribution in [2.45, 2.75) is 31.6 Å². The second-order valence-corrected chi connectivity index (χ2v) is 8.54. The molecule has 0 radical (unpaired) electrons. The number of nitrogens with two attached hydrogens (primary N) is 1. The highest BCUT2D eigenvalue weighted by Gasteiger charge is 2.34. The first-order chi connectivity index (χ1) is 15.6. The molecule has 2 amide bonds. The largest absolute Gasteiger partial charge is 0.440 e. The van der Waals surface area contributed by atoms with Crippen molar-refractivity contribution >= 4 is 23.2 Å². The monoisotopic (exact) mass is 430 g/mol. The molecule has 2 aliphatic rings. The van der Waals surface area contributed by atoms with Crippen molar-refractivity contribution in [3.8, 4) is 11.5 Å². The van der Waals surface area contributed by atoms with Gasteiger partial charge in [-0.15, -0.1) is 0 Å².